The average molecular weight is 285 g/mol. The monoisotopic (exact) mass is 285 g/mol. The van der Waals surface area contributed by atoms with Crippen molar-refractivity contribution in [3.05, 3.63) is 47.1 Å². The Hall–Kier alpha value is -1.89. The number of hydrogen-bond donors (Lipinski definition) is 1. The van der Waals surface area contributed by atoms with Crippen LogP contribution in [0.5, 0.6) is 0 Å². The summed E-state index contributed by atoms with van der Waals surface area (Å²) in [6.45, 7) is 3.78. The summed E-state index contributed by atoms with van der Waals surface area (Å²) in [4.78, 5) is 4.01. The molecular weight excluding hydrogens is 271 g/mol. The molecule has 2 aromatic rings. The summed E-state index contributed by atoms with van der Waals surface area (Å²) in [5, 5.41) is 6.76. The second-order valence-electron chi connectivity index (χ2n) is 4.46. The van der Waals surface area contributed by atoms with Crippen LogP contribution in [0.4, 0.5) is 13.2 Å². The quantitative estimate of drug-likeness (QED) is 0.937. The van der Waals surface area contributed by atoms with Gasteiger partial charge in [0.15, 0.2) is 5.82 Å². The van der Waals surface area contributed by atoms with Gasteiger partial charge < -0.3 is 9.84 Å². The number of aromatic nitrogens is 2. The van der Waals surface area contributed by atoms with E-state index in [1.54, 1.807) is 19.9 Å². The molecule has 4 nitrogen and oxygen atoms in total. The summed E-state index contributed by atoms with van der Waals surface area (Å²) < 4.78 is 42.7. The molecule has 2 rings (SSSR count). The molecule has 1 aromatic carbocycles. The summed E-state index contributed by atoms with van der Waals surface area (Å²) in [6, 6.07) is 4.98. The molecule has 1 aromatic heterocycles. The van der Waals surface area contributed by atoms with Crippen molar-refractivity contribution in [3.8, 4) is 0 Å². The molecule has 1 heterocycles. The van der Waals surface area contributed by atoms with Crippen LogP contribution in [-0.2, 0) is 12.7 Å². The maximum absolute atomic E-state index is 12.6. The first kappa shape index (κ1) is 14.5. The van der Waals surface area contributed by atoms with Crippen LogP contribution in [0.1, 0.15) is 35.8 Å². The minimum Gasteiger partial charge on any atom is -0.340 e. The Morgan fingerprint density at radius 3 is 2.70 bits per heavy atom. The molecule has 0 aliphatic carbocycles. The number of rotatable bonds is 4. The van der Waals surface area contributed by atoms with Crippen molar-refractivity contribution >= 4 is 0 Å². The van der Waals surface area contributed by atoms with Gasteiger partial charge in [-0.2, -0.15) is 18.2 Å². The van der Waals surface area contributed by atoms with E-state index in [1.807, 2.05) is 0 Å². The Bertz CT molecular complexity index is 580. The van der Waals surface area contributed by atoms with E-state index in [4.69, 9.17) is 4.52 Å². The first-order chi connectivity index (χ1) is 9.36. The molecule has 1 N–H and O–H groups in total. The molecule has 0 saturated heterocycles. The highest BCUT2D eigenvalue weighted by atomic mass is 19.4. The fraction of sp³-hybridized carbons (Fsp3) is 0.385. The van der Waals surface area contributed by atoms with Crippen molar-refractivity contribution in [2.75, 3.05) is 0 Å². The Kier molecular flexibility index (Phi) is 4.08. The third-order valence-electron chi connectivity index (χ3n) is 2.85. The maximum Gasteiger partial charge on any atom is 0.416 e. The van der Waals surface area contributed by atoms with E-state index < -0.39 is 11.7 Å². The lowest BCUT2D eigenvalue weighted by atomic mass is 10.0. The van der Waals surface area contributed by atoms with Gasteiger partial charge in [0, 0.05) is 13.0 Å². The summed E-state index contributed by atoms with van der Waals surface area (Å²) in [5.74, 6) is 0.926. The highest BCUT2D eigenvalue weighted by Gasteiger charge is 2.30. The van der Waals surface area contributed by atoms with Crippen LogP contribution < -0.4 is 5.32 Å². The van der Waals surface area contributed by atoms with Gasteiger partial charge in [0.05, 0.1) is 12.1 Å². The molecule has 0 aliphatic heterocycles. The van der Waals surface area contributed by atoms with Crippen molar-refractivity contribution < 1.29 is 17.7 Å². The summed E-state index contributed by atoms with van der Waals surface area (Å²) >= 11 is 0. The summed E-state index contributed by atoms with van der Waals surface area (Å²) in [7, 11) is 0. The lowest BCUT2D eigenvalue weighted by Gasteiger charge is -2.15. The normalized spacial score (nSPS) is 13.4. The van der Waals surface area contributed by atoms with Gasteiger partial charge in [-0.1, -0.05) is 17.3 Å². The van der Waals surface area contributed by atoms with E-state index in [1.165, 1.54) is 6.07 Å². The molecule has 7 heteroatoms. The first-order valence-corrected chi connectivity index (χ1v) is 6.06. The van der Waals surface area contributed by atoms with Crippen molar-refractivity contribution in [3.63, 3.8) is 0 Å². The number of benzene rings is 1. The summed E-state index contributed by atoms with van der Waals surface area (Å²) in [6.07, 6.45) is -4.33. The van der Waals surface area contributed by atoms with Gasteiger partial charge >= 0.3 is 6.18 Å². The van der Waals surface area contributed by atoms with Crippen LogP contribution in [0.3, 0.4) is 0 Å². The second-order valence-corrected chi connectivity index (χ2v) is 4.46. The van der Waals surface area contributed by atoms with E-state index >= 15 is 0 Å². The number of aryl methyl sites for hydroxylation is 1. The van der Waals surface area contributed by atoms with E-state index in [-0.39, 0.29) is 6.04 Å². The van der Waals surface area contributed by atoms with Gasteiger partial charge in [-0.25, -0.2) is 0 Å². The largest absolute Gasteiger partial charge is 0.416 e. The molecule has 0 radical (unpaired) electrons. The molecule has 0 fully saturated rings. The van der Waals surface area contributed by atoms with Gasteiger partial charge in [0.1, 0.15) is 0 Å². The standard InChI is InChI=1S/C13H14F3N3O/c1-8(17-7-12-18-9(2)20-19-12)10-4-3-5-11(6-10)13(14,15)16/h3-6,8,17H,7H2,1-2H3. The van der Waals surface area contributed by atoms with E-state index in [2.05, 4.69) is 15.5 Å². The Balaban J connectivity index is 2.03. The maximum atomic E-state index is 12.6. The molecule has 0 aliphatic rings. The Labute approximate surface area is 114 Å². The average Bonchev–Trinajstić information content (AvgIpc) is 2.81. The highest BCUT2D eigenvalue weighted by molar-refractivity contribution is 5.27. The number of nitrogens with zero attached hydrogens (tertiary/aromatic N) is 2. The molecule has 1 unspecified atom stereocenters. The van der Waals surface area contributed by atoms with Gasteiger partial charge in [0.25, 0.3) is 0 Å². The van der Waals surface area contributed by atoms with Crippen LogP contribution in [0.2, 0.25) is 0 Å². The predicted octanol–water partition coefficient (Wildman–Crippen LogP) is 3.25. The van der Waals surface area contributed by atoms with Crippen LogP contribution in [0, 0.1) is 6.92 Å². The fourth-order valence-corrected chi connectivity index (χ4v) is 1.76. The summed E-state index contributed by atoms with van der Waals surface area (Å²) in [5.41, 5.74) is -0.0981. The minimum atomic E-state index is -4.33. The fourth-order valence-electron chi connectivity index (χ4n) is 1.76. The zero-order valence-electron chi connectivity index (χ0n) is 11.0. The molecule has 108 valence electrons. The minimum absolute atomic E-state index is 0.254. The molecule has 0 spiro atoms. The van der Waals surface area contributed by atoms with Gasteiger partial charge in [0.2, 0.25) is 5.89 Å². The molecule has 0 amide bonds. The lowest BCUT2D eigenvalue weighted by molar-refractivity contribution is -0.137. The van der Waals surface area contributed by atoms with Crippen molar-refractivity contribution in [2.24, 2.45) is 0 Å². The van der Waals surface area contributed by atoms with E-state index in [9.17, 15) is 13.2 Å². The number of alkyl halides is 3. The Morgan fingerprint density at radius 1 is 1.35 bits per heavy atom. The van der Waals surface area contributed by atoms with Crippen molar-refractivity contribution in [1.82, 2.24) is 15.5 Å². The molecular formula is C13H14F3N3O. The molecule has 1 atom stereocenters. The second kappa shape index (κ2) is 5.62. The Morgan fingerprint density at radius 2 is 2.10 bits per heavy atom. The number of halogens is 3. The predicted molar refractivity (Wildman–Crippen MR) is 65.7 cm³/mol. The van der Waals surface area contributed by atoms with E-state index in [0.717, 1.165) is 12.1 Å². The molecule has 0 saturated carbocycles. The smallest absolute Gasteiger partial charge is 0.340 e. The van der Waals surface area contributed by atoms with E-state index in [0.29, 0.717) is 23.8 Å². The number of nitrogens with one attached hydrogen (secondary N) is 1. The van der Waals surface area contributed by atoms with Gasteiger partial charge in [-0.05, 0) is 24.6 Å². The topological polar surface area (TPSA) is 51.0 Å². The van der Waals surface area contributed by atoms with Crippen LogP contribution in [0.25, 0.3) is 0 Å². The zero-order chi connectivity index (χ0) is 14.8. The highest BCUT2D eigenvalue weighted by Crippen LogP contribution is 2.30. The molecule has 20 heavy (non-hydrogen) atoms. The van der Waals surface area contributed by atoms with Crippen molar-refractivity contribution in [2.45, 2.75) is 32.6 Å². The number of hydrogen-bond acceptors (Lipinski definition) is 4. The third-order valence-corrected chi connectivity index (χ3v) is 2.85. The lowest BCUT2D eigenvalue weighted by Crippen LogP contribution is -2.19. The third kappa shape index (κ3) is 3.57. The zero-order valence-corrected chi connectivity index (χ0v) is 11.0. The molecule has 0 bridgehead atoms. The van der Waals surface area contributed by atoms with Gasteiger partial charge in [-0.15, -0.1) is 0 Å². The SMILES string of the molecule is Cc1nc(CNC(C)c2cccc(C(F)(F)F)c2)no1. The van der Waals surface area contributed by atoms with Gasteiger partial charge in [-0.3, -0.25) is 0 Å². The van der Waals surface area contributed by atoms with Crippen LogP contribution >= 0.6 is 0 Å². The first-order valence-electron chi connectivity index (χ1n) is 6.06. The van der Waals surface area contributed by atoms with Crippen LogP contribution in [0.15, 0.2) is 28.8 Å². The van der Waals surface area contributed by atoms with Crippen molar-refractivity contribution in [1.29, 1.82) is 0 Å². The van der Waals surface area contributed by atoms with Crippen LogP contribution in [-0.4, -0.2) is 10.1 Å².